The minimum Gasteiger partial charge on any atom is -0.481 e. The zero-order chi connectivity index (χ0) is 20.4. The maximum Gasteiger partial charge on any atom is 0.335 e. The molecule has 1 aromatic rings. The first-order valence-electron chi connectivity index (χ1n) is 7.52. The van der Waals surface area contributed by atoms with Gasteiger partial charge in [-0.1, -0.05) is 35.9 Å². The monoisotopic (exact) mass is 416 g/mol. The third-order valence-electron chi connectivity index (χ3n) is 3.99. The topological polar surface area (TPSA) is 148 Å². The van der Waals surface area contributed by atoms with Crippen LogP contribution in [-0.2, 0) is 14.8 Å². The predicted molar refractivity (Wildman–Crippen MR) is 97.2 cm³/mol. The average molecular weight is 417 g/mol. The molecule has 3 N–H and O–H groups in total. The van der Waals surface area contributed by atoms with Crippen LogP contribution in [0.3, 0.4) is 0 Å². The molecule has 0 fully saturated rings. The van der Waals surface area contributed by atoms with Crippen LogP contribution in [0.1, 0.15) is 12.5 Å². The van der Waals surface area contributed by atoms with Crippen LogP contribution in [0.4, 0.5) is 10.7 Å². The molecule has 0 bridgehead atoms. The smallest absolute Gasteiger partial charge is 0.335 e. The molecule has 1 heterocycles. The fourth-order valence-corrected chi connectivity index (χ4v) is 3.83. The maximum atomic E-state index is 12.7. The highest BCUT2D eigenvalue weighted by atomic mass is 35.5. The van der Waals surface area contributed by atoms with Crippen molar-refractivity contribution in [3.05, 3.63) is 35.0 Å². The Balaban J connectivity index is 2.24. The Morgan fingerprint density at radius 3 is 2.59 bits per heavy atom. The number of rotatable bonds is 5. The number of methoxy groups -OCH3 is 1. The second-order valence-electron chi connectivity index (χ2n) is 5.78. The lowest BCUT2D eigenvalue weighted by molar-refractivity contribution is -0.140. The van der Waals surface area contributed by atoms with Gasteiger partial charge in [-0.15, -0.1) is 0 Å². The highest BCUT2D eigenvalue weighted by molar-refractivity contribution is 7.91. The third kappa shape index (κ3) is 4.03. The number of aromatic nitrogens is 2. The molecule has 2 rings (SSSR count). The summed E-state index contributed by atoms with van der Waals surface area (Å²) in [5.74, 6) is -2.90. The van der Waals surface area contributed by atoms with Gasteiger partial charge in [0, 0.05) is 5.56 Å². The minimum absolute atomic E-state index is 0.0123. The number of anilines is 1. The van der Waals surface area contributed by atoms with E-state index in [0.717, 1.165) is 0 Å². The SMILES string of the molecule is COc1nc(NC(=O)NS(=O)(=O)C2(C)C=CC=CC2C(=O)O)nc(Cl)c1C. The number of carboxylic acid groups (broad SMARTS) is 1. The van der Waals surface area contributed by atoms with Crippen molar-refractivity contribution in [2.24, 2.45) is 5.92 Å². The van der Waals surface area contributed by atoms with Gasteiger partial charge in [0.05, 0.1) is 13.0 Å². The van der Waals surface area contributed by atoms with Gasteiger partial charge < -0.3 is 9.84 Å². The molecule has 0 aliphatic heterocycles. The number of sulfonamides is 1. The fraction of sp³-hybridized carbons (Fsp3) is 0.333. The van der Waals surface area contributed by atoms with Gasteiger partial charge in [0.25, 0.3) is 0 Å². The van der Waals surface area contributed by atoms with Gasteiger partial charge in [-0.05, 0) is 13.8 Å². The Kier molecular flexibility index (Phi) is 5.76. The van der Waals surface area contributed by atoms with Gasteiger partial charge in [0.2, 0.25) is 21.9 Å². The first-order chi connectivity index (χ1) is 12.5. The van der Waals surface area contributed by atoms with Gasteiger partial charge in [0.1, 0.15) is 9.90 Å². The largest absolute Gasteiger partial charge is 0.481 e. The van der Waals surface area contributed by atoms with Gasteiger partial charge in [-0.25, -0.2) is 22.9 Å². The van der Waals surface area contributed by atoms with E-state index < -0.39 is 32.7 Å². The average Bonchev–Trinajstić information content (AvgIpc) is 2.57. The summed E-state index contributed by atoms with van der Waals surface area (Å²) in [4.78, 5) is 31.2. The number of carbonyl (C=O) groups excluding carboxylic acids is 1. The number of nitrogens with zero attached hydrogens (tertiary/aromatic N) is 2. The van der Waals surface area contributed by atoms with Crippen LogP contribution in [0, 0.1) is 12.8 Å². The highest BCUT2D eigenvalue weighted by Gasteiger charge is 2.48. The van der Waals surface area contributed by atoms with E-state index in [1.807, 2.05) is 0 Å². The molecule has 0 saturated heterocycles. The summed E-state index contributed by atoms with van der Waals surface area (Å²) < 4.78 is 30.2. The lowest BCUT2D eigenvalue weighted by Crippen LogP contribution is -2.52. The lowest BCUT2D eigenvalue weighted by atomic mass is 9.89. The summed E-state index contributed by atoms with van der Waals surface area (Å²) in [6, 6.07) is -1.18. The molecule has 0 saturated carbocycles. The Labute approximate surface area is 160 Å². The minimum atomic E-state index is -4.43. The fourth-order valence-electron chi connectivity index (χ4n) is 2.38. The molecule has 1 aliphatic carbocycles. The maximum absolute atomic E-state index is 12.7. The van der Waals surface area contributed by atoms with Crippen LogP contribution in [0.25, 0.3) is 0 Å². The Morgan fingerprint density at radius 2 is 2.00 bits per heavy atom. The van der Waals surface area contributed by atoms with Crippen molar-refractivity contribution in [2.45, 2.75) is 18.6 Å². The van der Waals surface area contributed by atoms with E-state index in [9.17, 15) is 23.1 Å². The number of nitrogens with one attached hydrogen (secondary N) is 2. The number of urea groups is 1. The van der Waals surface area contributed by atoms with E-state index in [2.05, 4.69) is 15.3 Å². The molecule has 27 heavy (non-hydrogen) atoms. The second-order valence-corrected chi connectivity index (χ2v) is 8.22. The third-order valence-corrected chi connectivity index (χ3v) is 6.36. The van der Waals surface area contributed by atoms with Crippen LogP contribution in [0.2, 0.25) is 5.15 Å². The van der Waals surface area contributed by atoms with Crippen LogP contribution in [-0.4, -0.2) is 47.3 Å². The van der Waals surface area contributed by atoms with Crippen LogP contribution >= 0.6 is 11.6 Å². The lowest BCUT2D eigenvalue weighted by Gasteiger charge is -2.31. The molecule has 2 amide bonds. The summed E-state index contributed by atoms with van der Waals surface area (Å²) in [6.07, 6.45) is 5.24. The van der Waals surface area contributed by atoms with Crippen molar-refractivity contribution >= 4 is 39.6 Å². The van der Waals surface area contributed by atoms with Crippen LogP contribution < -0.4 is 14.8 Å². The summed E-state index contributed by atoms with van der Waals surface area (Å²) >= 11 is 5.91. The summed E-state index contributed by atoms with van der Waals surface area (Å²) in [5, 5.41) is 11.4. The van der Waals surface area contributed by atoms with Crippen LogP contribution in [0.15, 0.2) is 24.3 Å². The summed E-state index contributed by atoms with van der Waals surface area (Å²) in [6.45, 7) is 2.80. The number of amides is 2. The van der Waals surface area contributed by atoms with Crippen molar-refractivity contribution < 1.29 is 27.9 Å². The van der Waals surface area contributed by atoms with Gasteiger partial charge in [0.15, 0.2) is 0 Å². The first-order valence-corrected chi connectivity index (χ1v) is 9.38. The van der Waals surface area contributed by atoms with Crippen molar-refractivity contribution in [3.8, 4) is 5.88 Å². The quantitative estimate of drug-likeness (QED) is 0.611. The molecular weight excluding hydrogens is 400 g/mol. The zero-order valence-corrected chi connectivity index (χ0v) is 16.1. The Hall–Kier alpha value is -2.66. The molecule has 2 unspecified atom stereocenters. The molecule has 12 heteroatoms. The number of hydrogen-bond donors (Lipinski definition) is 3. The van der Waals surface area contributed by atoms with Gasteiger partial charge >= 0.3 is 12.0 Å². The van der Waals surface area contributed by atoms with E-state index in [-0.39, 0.29) is 17.0 Å². The van der Waals surface area contributed by atoms with Crippen molar-refractivity contribution in [1.29, 1.82) is 0 Å². The molecule has 10 nitrogen and oxygen atoms in total. The number of carbonyl (C=O) groups is 2. The van der Waals surface area contributed by atoms with Crippen LogP contribution in [0.5, 0.6) is 5.88 Å². The van der Waals surface area contributed by atoms with E-state index in [0.29, 0.717) is 5.56 Å². The van der Waals surface area contributed by atoms with Gasteiger partial charge in [-0.3, -0.25) is 10.1 Å². The highest BCUT2D eigenvalue weighted by Crippen LogP contribution is 2.32. The number of allylic oxidation sites excluding steroid dienone is 2. The number of halogens is 1. The predicted octanol–water partition coefficient (Wildman–Crippen LogP) is 1.48. The van der Waals surface area contributed by atoms with Crippen molar-refractivity contribution in [3.63, 3.8) is 0 Å². The van der Waals surface area contributed by atoms with E-state index in [1.165, 1.54) is 38.3 Å². The number of carboxylic acids is 1. The van der Waals surface area contributed by atoms with Crippen molar-refractivity contribution in [1.82, 2.24) is 14.7 Å². The Morgan fingerprint density at radius 1 is 1.33 bits per heavy atom. The Bertz CT molecular complexity index is 946. The normalized spacial score (nSPS) is 21.6. The molecule has 0 radical (unpaired) electrons. The first kappa shape index (κ1) is 20.6. The number of ether oxygens (including phenoxy) is 1. The van der Waals surface area contributed by atoms with Gasteiger partial charge in [-0.2, -0.15) is 4.98 Å². The van der Waals surface area contributed by atoms with E-state index in [4.69, 9.17) is 16.3 Å². The number of aliphatic carboxylic acids is 1. The molecule has 1 aromatic heterocycles. The van der Waals surface area contributed by atoms with E-state index in [1.54, 1.807) is 11.6 Å². The van der Waals surface area contributed by atoms with Crippen molar-refractivity contribution in [2.75, 3.05) is 12.4 Å². The molecule has 0 aromatic carbocycles. The molecule has 146 valence electrons. The zero-order valence-electron chi connectivity index (χ0n) is 14.6. The second kappa shape index (κ2) is 7.53. The molecule has 0 spiro atoms. The summed E-state index contributed by atoms with van der Waals surface area (Å²) in [5.41, 5.74) is 0.439. The van der Waals surface area contributed by atoms with E-state index >= 15 is 0 Å². The molecular formula is C15H17ClN4O6S. The number of hydrogen-bond acceptors (Lipinski definition) is 7. The standard InChI is InChI=1S/C15H17ClN4O6S/c1-8-10(16)17-13(18-11(8)26-3)19-14(23)20-27(24,25)15(2)7-5-4-6-9(15)12(21)22/h4-7,9H,1-3H3,(H,21,22)(H2,17,18,19,20,23). The molecule has 1 aliphatic rings. The summed E-state index contributed by atoms with van der Waals surface area (Å²) in [7, 11) is -3.09. The molecule has 2 atom stereocenters.